The second kappa shape index (κ2) is 9.53. The van der Waals surface area contributed by atoms with E-state index in [4.69, 9.17) is 4.74 Å². The van der Waals surface area contributed by atoms with Crippen molar-refractivity contribution in [2.75, 3.05) is 18.7 Å². The van der Waals surface area contributed by atoms with E-state index < -0.39 is 9.84 Å². The van der Waals surface area contributed by atoms with Crippen molar-refractivity contribution in [1.29, 1.82) is 0 Å². The zero-order valence-corrected chi connectivity index (χ0v) is 20.2. The van der Waals surface area contributed by atoms with Gasteiger partial charge in [-0.1, -0.05) is 36.9 Å². The van der Waals surface area contributed by atoms with E-state index in [-0.39, 0.29) is 4.90 Å². The summed E-state index contributed by atoms with van der Waals surface area (Å²) >= 11 is 0. The molecule has 0 saturated heterocycles. The topological polar surface area (TPSA) is 68.3 Å². The third-order valence-corrected chi connectivity index (χ3v) is 6.70. The van der Waals surface area contributed by atoms with Gasteiger partial charge in [-0.05, 0) is 72.1 Å². The van der Waals surface area contributed by atoms with Crippen LogP contribution in [0.25, 0.3) is 28.1 Å². The van der Waals surface area contributed by atoms with Gasteiger partial charge in [0.05, 0.1) is 17.7 Å². The molecule has 1 aromatic heterocycles. The molecule has 0 bridgehead atoms. The fourth-order valence-corrected chi connectivity index (χ4v) is 4.48. The van der Waals surface area contributed by atoms with Crippen molar-refractivity contribution in [2.24, 2.45) is 0 Å². The molecule has 172 valence electrons. The largest absolute Gasteiger partial charge is 0.497 e. The van der Waals surface area contributed by atoms with Crippen LogP contribution in [-0.4, -0.2) is 26.8 Å². The van der Waals surface area contributed by atoms with Crippen molar-refractivity contribution >= 4 is 21.2 Å². The Hall–Kier alpha value is -3.90. The van der Waals surface area contributed by atoms with Gasteiger partial charge in [0.1, 0.15) is 5.75 Å². The van der Waals surface area contributed by atoms with Gasteiger partial charge in [0, 0.05) is 35.0 Å². The second-order valence-electron chi connectivity index (χ2n) is 8.06. The lowest BCUT2D eigenvalue weighted by molar-refractivity contribution is 0.414. The first-order valence-corrected chi connectivity index (χ1v) is 12.6. The van der Waals surface area contributed by atoms with E-state index in [1.165, 1.54) is 6.26 Å². The van der Waals surface area contributed by atoms with Gasteiger partial charge < -0.3 is 10.1 Å². The molecule has 1 heterocycles. The number of pyridine rings is 1. The standard InChI is InChI=1S/C28H26N2O3S/c1-19-16-23(33-3)11-13-25(19)27-18-24(34(4,31)32)12-14-26(27)20(2)30-22-9-7-8-21(17-22)28-10-5-6-15-29-28/h5-18,30H,2H2,1,3-4H3. The van der Waals surface area contributed by atoms with Gasteiger partial charge in [-0.15, -0.1) is 0 Å². The number of methoxy groups -OCH3 is 1. The molecule has 0 atom stereocenters. The zero-order chi connectivity index (χ0) is 24.3. The van der Waals surface area contributed by atoms with Crippen LogP contribution in [0.2, 0.25) is 0 Å². The molecule has 0 radical (unpaired) electrons. The van der Waals surface area contributed by atoms with E-state index >= 15 is 0 Å². The van der Waals surface area contributed by atoms with Crippen LogP contribution in [0.5, 0.6) is 5.75 Å². The van der Waals surface area contributed by atoms with Crippen molar-refractivity contribution in [3.05, 3.63) is 103 Å². The van der Waals surface area contributed by atoms with E-state index in [0.717, 1.165) is 44.9 Å². The number of rotatable bonds is 7. The number of hydrogen-bond acceptors (Lipinski definition) is 5. The van der Waals surface area contributed by atoms with Gasteiger partial charge in [-0.2, -0.15) is 0 Å². The first kappa shape index (κ1) is 23.3. The Morgan fingerprint density at radius 1 is 0.941 bits per heavy atom. The normalized spacial score (nSPS) is 11.1. The summed E-state index contributed by atoms with van der Waals surface area (Å²) in [6.45, 7) is 6.24. The number of aromatic nitrogens is 1. The predicted molar refractivity (Wildman–Crippen MR) is 139 cm³/mol. The minimum atomic E-state index is -3.38. The second-order valence-corrected chi connectivity index (χ2v) is 10.1. The van der Waals surface area contributed by atoms with Gasteiger partial charge in [0.2, 0.25) is 0 Å². The van der Waals surface area contributed by atoms with Crippen LogP contribution in [0.4, 0.5) is 5.69 Å². The summed E-state index contributed by atoms with van der Waals surface area (Å²) in [5.74, 6) is 0.741. The van der Waals surface area contributed by atoms with Crippen LogP contribution < -0.4 is 10.1 Å². The van der Waals surface area contributed by atoms with Gasteiger partial charge in [0.15, 0.2) is 9.84 Å². The van der Waals surface area contributed by atoms with E-state index in [9.17, 15) is 8.42 Å². The highest BCUT2D eigenvalue weighted by atomic mass is 32.2. The van der Waals surface area contributed by atoms with E-state index in [2.05, 4.69) is 16.9 Å². The summed E-state index contributed by atoms with van der Waals surface area (Å²) < 4.78 is 29.9. The lowest BCUT2D eigenvalue weighted by Gasteiger charge is -2.18. The molecule has 4 aromatic rings. The lowest BCUT2D eigenvalue weighted by Crippen LogP contribution is -2.03. The van der Waals surface area contributed by atoms with Crippen LogP contribution in [0.15, 0.2) is 96.5 Å². The Labute approximate surface area is 200 Å². The quantitative estimate of drug-likeness (QED) is 0.347. The van der Waals surface area contributed by atoms with Gasteiger partial charge in [-0.3, -0.25) is 4.98 Å². The number of aryl methyl sites for hydroxylation is 1. The summed E-state index contributed by atoms with van der Waals surface area (Å²) in [7, 11) is -1.76. The SMILES string of the molecule is C=C(Nc1cccc(-c2ccccn2)c1)c1ccc(S(C)(=O)=O)cc1-c1ccc(OC)cc1C. The predicted octanol–water partition coefficient (Wildman–Crippen LogP) is 6.22. The Balaban J connectivity index is 1.75. The first-order valence-electron chi connectivity index (χ1n) is 10.7. The van der Waals surface area contributed by atoms with E-state index in [1.54, 1.807) is 31.5 Å². The molecule has 0 aliphatic carbocycles. The Bertz CT molecular complexity index is 1460. The summed E-state index contributed by atoms with van der Waals surface area (Å²) in [5, 5.41) is 3.38. The maximum absolute atomic E-state index is 12.3. The number of nitrogens with zero attached hydrogens (tertiary/aromatic N) is 1. The summed E-state index contributed by atoms with van der Waals surface area (Å²) in [4.78, 5) is 4.68. The number of benzene rings is 3. The third-order valence-electron chi connectivity index (χ3n) is 5.59. The molecule has 5 nitrogen and oxygen atoms in total. The molecule has 0 fully saturated rings. The maximum atomic E-state index is 12.3. The van der Waals surface area contributed by atoms with Crippen LogP contribution in [0.1, 0.15) is 11.1 Å². The zero-order valence-electron chi connectivity index (χ0n) is 19.4. The fourth-order valence-electron chi connectivity index (χ4n) is 3.84. The van der Waals surface area contributed by atoms with Crippen molar-refractivity contribution < 1.29 is 13.2 Å². The molecule has 0 aliphatic heterocycles. The van der Waals surface area contributed by atoms with Gasteiger partial charge in [0.25, 0.3) is 0 Å². The Kier molecular flexibility index (Phi) is 6.52. The third kappa shape index (κ3) is 5.02. The molecule has 0 aliphatic rings. The molecule has 3 aromatic carbocycles. The van der Waals surface area contributed by atoms with Crippen LogP contribution in [0, 0.1) is 6.92 Å². The van der Waals surface area contributed by atoms with Crippen LogP contribution in [-0.2, 0) is 9.84 Å². The average molecular weight is 471 g/mol. The molecular weight excluding hydrogens is 444 g/mol. The van der Waals surface area contributed by atoms with Crippen LogP contribution in [0.3, 0.4) is 0 Å². The minimum Gasteiger partial charge on any atom is -0.497 e. The Morgan fingerprint density at radius 2 is 1.76 bits per heavy atom. The molecule has 1 N–H and O–H groups in total. The van der Waals surface area contributed by atoms with Gasteiger partial charge >= 0.3 is 0 Å². The highest BCUT2D eigenvalue weighted by Crippen LogP contribution is 2.35. The van der Waals surface area contributed by atoms with Crippen LogP contribution >= 0.6 is 0 Å². The number of ether oxygens (including phenoxy) is 1. The number of hydrogen-bond donors (Lipinski definition) is 1. The van der Waals surface area contributed by atoms with E-state index in [1.807, 2.05) is 67.6 Å². The van der Waals surface area contributed by atoms with Crippen molar-refractivity contribution in [1.82, 2.24) is 4.98 Å². The highest BCUT2D eigenvalue weighted by Gasteiger charge is 2.16. The average Bonchev–Trinajstić information content (AvgIpc) is 2.83. The highest BCUT2D eigenvalue weighted by molar-refractivity contribution is 7.90. The summed E-state index contributed by atoms with van der Waals surface area (Å²) in [5.41, 5.74) is 6.84. The molecular formula is C28H26N2O3S. The molecule has 0 saturated carbocycles. The summed E-state index contributed by atoms with van der Waals surface area (Å²) in [6, 6.07) is 24.6. The van der Waals surface area contributed by atoms with E-state index in [0.29, 0.717) is 5.70 Å². The van der Waals surface area contributed by atoms with Crippen molar-refractivity contribution in [2.45, 2.75) is 11.8 Å². The molecule has 34 heavy (non-hydrogen) atoms. The first-order chi connectivity index (χ1) is 16.3. The number of anilines is 1. The molecule has 6 heteroatoms. The molecule has 4 rings (SSSR count). The molecule has 0 amide bonds. The monoisotopic (exact) mass is 470 g/mol. The smallest absolute Gasteiger partial charge is 0.175 e. The van der Waals surface area contributed by atoms with Gasteiger partial charge in [-0.25, -0.2) is 8.42 Å². The number of sulfone groups is 1. The Morgan fingerprint density at radius 3 is 2.44 bits per heavy atom. The minimum absolute atomic E-state index is 0.256. The number of nitrogens with one attached hydrogen (secondary N) is 1. The fraction of sp³-hybridized carbons (Fsp3) is 0.107. The molecule has 0 spiro atoms. The maximum Gasteiger partial charge on any atom is 0.175 e. The van der Waals surface area contributed by atoms with Crippen molar-refractivity contribution in [3.8, 4) is 28.1 Å². The van der Waals surface area contributed by atoms with Crippen molar-refractivity contribution in [3.63, 3.8) is 0 Å². The molecule has 0 unspecified atom stereocenters. The summed E-state index contributed by atoms with van der Waals surface area (Å²) in [6.07, 6.45) is 2.98. The lowest BCUT2D eigenvalue weighted by atomic mass is 9.94.